The van der Waals surface area contributed by atoms with Gasteiger partial charge < -0.3 is 30.4 Å². The van der Waals surface area contributed by atoms with Crippen LogP contribution in [-0.4, -0.2) is 5.91 Å². The minimum absolute atomic E-state index is 0.00916. The standard InChI is InChI=1S/C19H12ClN2O5/c20-12-5-1-3-7-14(12)26-16-9-11(22(24)25)10-17-18(16)19(23)21-13-6-2-4-8-15(13)27-17/h1-10,22H,(H,21,23)/q-1. The van der Waals surface area contributed by atoms with E-state index in [0.29, 0.717) is 16.5 Å². The lowest BCUT2D eigenvalue weighted by atomic mass is 10.1. The minimum atomic E-state index is -1.43. The molecule has 0 radical (unpaired) electrons. The van der Waals surface area contributed by atoms with Gasteiger partial charge in [-0.1, -0.05) is 35.9 Å². The Balaban J connectivity index is 1.87. The maximum atomic E-state index is 12.8. The van der Waals surface area contributed by atoms with Crippen LogP contribution in [0.3, 0.4) is 0 Å². The number of anilines is 1. The Morgan fingerprint density at radius 3 is 2.48 bits per heavy atom. The Morgan fingerprint density at radius 1 is 0.963 bits per heavy atom. The number of carbonyl (C=O) groups excluding carboxylic acids is 1. The molecule has 3 aromatic carbocycles. The van der Waals surface area contributed by atoms with Crippen molar-refractivity contribution in [2.45, 2.75) is 0 Å². The summed E-state index contributed by atoms with van der Waals surface area (Å²) in [6, 6.07) is 15.9. The average Bonchev–Trinajstić information content (AvgIpc) is 2.79. The molecule has 1 aliphatic heterocycles. The molecule has 0 bridgehead atoms. The largest absolute Gasteiger partial charge is 0.628 e. The minimum Gasteiger partial charge on any atom is -0.628 e. The highest BCUT2D eigenvalue weighted by atomic mass is 35.5. The van der Waals surface area contributed by atoms with Crippen LogP contribution in [0.25, 0.3) is 0 Å². The number of nitrogens with one attached hydrogen (secondary N) is 2. The molecule has 7 nitrogen and oxygen atoms in total. The number of rotatable bonds is 3. The van der Waals surface area contributed by atoms with Crippen molar-refractivity contribution in [2.24, 2.45) is 0 Å². The molecular formula is C19H12ClN2O5-. The molecule has 27 heavy (non-hydrogen) atoms. The number of hydrogen-bond acceptors (Lipinski definition) is 5. The molecule has 1 aliphatic rings. The first-order chi connectivity index (χ1) is 13.0. The number of amides is 1. The monoisotopic (exact) mass is 383 g/mol. The molecule has 0 saturated heterocycles. The van der Waals surface area contributed by atoms with Gasteiger partial charge in [-0.2, -0.15) is 0 Å². The molecule has 0 aliphatic carbocycles. The van der Waals surface area contributed by atoms with E-state index >= 15 is 0 Å². The van der Waals surface area contributed by atoms with E-state index in [1.54, 1.807) is 48.5 Å². The SMILES string of the molecule is O=C1Nc2ccccc2Oc2cc([NH+]([O-])[O-])cc(Oc3ccccc3Cl)c21. The highest BCUT2D eigenvalue weighted by Crippen LogP contribution is 2.42. The highest BCUT2D eigenvalue weighted by Gasteiger charge is 2.27. The summed E-state index contributed by atoms with van der Waals surface area (Å²) in [5.41, 5.74) is 0.316. The van der Waals surface area contributed by atoms with Gasteiger partial charge in [-0.25, -0.2) is 0 Å². The van der Waals surface area contributed by atoms with Gasteiger partial charge in [0.15, 0.2) is 5.75 Å². The molecule has 1 amide bonds. The number of halogens is 1. The van der Waals surface area contributed by atoms with Gasteiger partial charge in [0.2, 0.25) is 0 Å². The van der Waals surface area contributed by atoms with Gasteiger partial charge in [-0.3, -0.25) is 4.79 Å². The number of benzene rings is 3. The van der Waals surface area contributed by atoms with Crippen LogP contribution in [0.1, 0.15) is 10.4 Å². The quantitative estimate of drug-likeness (QED) is 0.666. The summed E-state index contributed by atoms with van der Waals surface area (Å²) in [4.78, 5) is 12.8. The lowest BCUT2D eigenvalue weighted by Gasteiger charge is -2.26. The molecule has 0 aromatic heterocycles. The predicted molar refractivity (Wildman–Crippen MR) is 99.8 cm³/mol. The number of ether oxygens (including phenoxy) is 2. The van der Waals surface area contributed by atoms with Crippen molar-refractivity contribution >= 4 is 28.9 Å². The van der Waals surface area contributed by atoms with Gasteiger partial charge in [0.25, 0.3) is 5.91 Å². The smallest absolute Gasteiger partial charge is 0.263 e. The number of quaternary nitrogens is 1. The third-order valence-corrected chi connectivity index (χ3v) is 4.25. The Labute approximate surface area is 158 Å². The lowest BCUT2D eigenvalue weighted by molar-refractivity contribution is -0.715. The fraction of sp³-hybridized carbons (Fsp3) is 0. The summed E-state index contributed by atoms with van der Waals surface area (Å²) in [6.07, 6.45) is 0. The summed E-state index contributed by atoms with van der Waals surface area (Å²) in [5, 5.41) is 24.5. The Morgan fingerprint density at radius 2 is 1.70 bits per heavy atom. The van der Waals surface area contributed by atoms with Gasteiger partial charge in [-0.05, 0) is 24.3 Å². The van der Waals surface area contributed by atoms with E-state index in [-0.39, 0.29) is 28.5 Å². The maximum absolute atomic E-state index is 12.8. The van der Waals surface area contributed by atoms with Crippen molar-refractivity contribution in [3.8, 4) is 23.0 Å². The van der Waals surface area contributed by atoms with E-state index in [0.717, 1.165) is 0 Å². The lowest BCUT2D eigenvalue weighted by Crippen LogP contribution is -2.96. The van der Waals surface area contributed by atoms with Crippen molar-refractivity contribution in [3.05, 3.63) is 81.7 Å². The van der Waals surface area contributed by atoms with Crippen LogP contribution in [0.15, 0.2) is 60.7 Å². The molecule has 0 atom stereocenters. The molecule has 8 heteroatoms. The Hall–Kier alpha value is -3.10. The third-order valence-electron chi connectivity index (χ3n) is 3.94. The normalized spacial score (nSPS) is 12.5. The molecule has 0 saturated carbocycles. The average molecular weight is 384 g/mol. The Bertz CT molecular complexity index is 1040. The van der Waals surface area contributed by atoms with E-state index in [9.17, 15) is 15.2 Å². The van der Waals surface area contributed by atoms with Gasteiger partial charge in [0.1, 0.15) is 28.5 Å². The molecule has 136 valence electrons. The van der Waals surface area contributed by atoms with Crippen molar-refractivity contribution in [2.75, 3.05) is 5.32 Å². The second kappa shape index (κ2) is 6.90. The number of fused-ring (bicyclic) bond motifs is 2. The second-order valence-electron chi connectivity index (χ2n) is 5.72. The summed E-state index contributed by atoms with van der Waals surface area (Å²) < 4.78 is 11.5. The predicted octanol–water partition coefficient (Wildman–Crippen LogP) is 4.00. The first-order valence-corrected chi connectivity index (χ1v) is 8.31. The molecule has 4 rings (SSSR count). The zero-order chi connectivity index (χ0) is 19.0. The van der Waals surface area contributed by atoms with Gasteiger partial charge in [0.05, 0.1) is 10.7 Å². The number of para-hydroxylation sites is 3. The highest BCUT2D eigenvalue weighted by molar-refractivity contribution is 6.32. The molecular weight excluding hydrogens is 372 g/mol. The van der Waals surface area contributed by atoms with E-state index in [1.165, 1.54) is 12.1 Å². The van der Waals surface area contributed by atoms with Crippen molar-refractivity contribution in [3.63, 3.8) is 0 Å². The fourth-order valence-corrected chi connectivity index (χ4v) is 2.87. The number of hydrogen-bond donors (Lipinski definition) is 2. The zero-order valence-corrected chi connectivity index (χ0v) is 14.4. The summed E-state index contributed by atoms with van der Waals surface area (Å²) in [6.45, 7) is 0. The van der Waals surface area contributed by atoms with Crippen LogP contribution in [0.2, 0.25) is 5.02 Å². The van der Waals surface area contributed by atoms with Crippen LogP contribution in [-0.2, 0) is 0 Å². The van der Waals surface area contributed by atoms with Crippen LogP contribution in [0, 0.1) is 10.4 Å². The van der Waals surface area contributed by atoms with Crippen LogP contribution in [0.5, 0.6) is 23.0 Å². The topological polar surface area (TPSA) is 98.1 Å². The molecule has 0 fully saturated rings. The summed E-state index contributed by atoms with van der Waals surface area (Å²) in [7, 11) is 0. The summed E-state index contributed by atoms with van der Waals surface area (Å²) >= 11 is 6.12. The first-order valence-electron chi connectivity index (χ1n) is 7.93. The fourth-order valence-electron chi connectivity index (χ4n) is 2.70. The van der Waals surface area contributed by atoms with Gasteiger partial charge >= 0.3 is 0 Å². The second-order valence-corrected chi connectivity index (χ2v) is 6.13. The van der Waals surface area contributed by atoms with Crippen molar-refractivity contribution in [1.82, 2.24) is 0 Å². The van der Waals surface area contributed by atoms with Crippen molar-refractivity contribution < 1.29 is 19.5 Å². The van der Waals surface area contributed by atoms with Gasteiger partial charge in [-0.15, -0.1) is 0 Å². The first kappa shape index (κ1) is 17.3. The maximum Gasteiger partial charge on any atom is 0.263 e. The van der Waals surface area contributed by atoms with Crippen molar-refractivity contribution in [1.29, 1.82) is 0 Å². The molecule has 3 aromatic rings. The molecule has 0 unspecified atom stereocenters. The van der Waals surface area contributed by atoms with Crippen LogP contribution in [0.4, 0.5) is 11.4 Å². The number of carbonyl (C=O) groups is 1. The zero-order valence-electron chi connectivity index (χ0n) is 13.7. The molecule has 0 spiro atoms. The van der Waals surface area contributed by atoms with E-state index < -0.39 is 11.1 Å². The summed E-state index contributed by atoms with van der Waals surface area (Å²) in [5.74, 6) is 0.184. The van der Waals surface area contributed by atoms with Crippen LogP contribution >= 0.6 is 11.6 Å². The van der Waals surface area contributed by atoms with E-state index in [1.807, 2.05) is 0 Å². The van der Waals surface area contributed by atoms with E-state index in [2.05, 4.69) is 5.32 Å². The molecule has 1 heterocycles. The third kappa shape index (κ3) is 3.32. The Kier molecular flexibility index (Phi) is 4.43. The van der Waals surface area contributed by atoms with Crippen LogP contribution < -0.4 is 20.0 Å². The van der Waals surface area contributed by atoms with Gasteiger partial charge in [0, 0.05) is 12.1 Å². The van der Waals surface area contributed by atoms with E-state index in [4.69, 9.17) is 21.1 Å². The molecule has 2 N–H and O–H groups in total.